The van der Waals surface area contributed by atoms with Gasteiger partial charge in [-0.2, -0.15) is 5.10 Å². The minimum atomic E-state index is -0.328. The van der Waals surface area contributed by atoms with Crippen molar-refractivity contribution >= 4 is 0 Å². The fraction of sp³-hybridized carbons (Fsp3) is 0.385. The van der Waals surface area contributed by atoms with Gasteiger partial charge in [-0.05, 0) is 27.7 Å². The van der Waals surface area contributed by atoms with Crippen LogP contribution in [0.3, 0.4) is 0 Å². The van der Waals surface area contributed by atoms with Crippen LogP contribution in [0.4, 0.5) is 0 Å². The molecule has 1 N–H and O–H groups in total. The Morgan fingerprint density at radius 3 is 2.29 bits per heavy atom. The predicted octanol–water partition coefficient (Wildman–Crippen LogP) is 1.36. The minimum Gasteiger partial charge on any atom is -0.361 e. The van der Waals surface area contributed by atoms with Gasteiger partial charge in [0.25, 0.3) is 0 Å². The van der Waals surface area contributed by atoms with Gasteiger partial charge in [0.05, 0.1) is 5.69 Å². The van der Waals surface area contributed by atoms with Crippen molar-refractivity contribution in [3.8, 4) is 5.69 Å². The van der Waals surface area contributed by atoms with Gasteiger partial charge in [0, 0.05) is 12.0 Å². The Morgan fingerprint density at radius 1 is 1.05 bits per heavy atom. The quantitative estimate of drug-likeness (QED) is 0.781. The van der Waals surface area contributed by atoms with Crippen LogP contribution in [-0.4, -0.2) is 25.1 Å². The van der Waals surface area contributed by atoms with Crippen LogP contribution in [0, 0.1) is 27.7 Å². The van der Waals surface area contributed by atoms with Gasteiger partial charge in [0.2, 0.25) is 0 Å². The van der Waals surface area contributed by atoms with Crippen LogP contribution in [0.1, 0.15) is 34.3 Å². The molecule has 0 atom stereocenters. The van der Waals surface area contributed by atoms with Gasteiger partial charge in [-0.1, -0.05) is 10.3 Å². The zero-order valence-corrected chi connectivity index (χ0v) is 12.2. The SMILES string of the molecule is Cc1noc(C)c1Cc1n[nH]c(=O)n1-c1c(C)noc1C. The first-order valence-corrected chi connectivity index (χ1v) is 6.50. The molecular formula is C13H15N5O3. The summed E-state index contributed by atoms with van der Waals surface area (Å²) in [5, 5.41) is 14.4. The number of aryl methyl sites for hydroxylation is 4. The van der Waals surface area contributed by atoms with E-state index in [9.17, 15) is 4.79 Å². The summed E-state index contributed by atoms with van der Waals surface area (Å²) < 4.78 is 11.8. The van der Waals surface area contributed by atoms with Crippen LogP contribution in [0.5, 0.6) is 0 Å². The average molecular weight is 289 g/mol. The monoisotopic (exact) mass is 289 g/mol. The smallest absolute Gasteiger partial charge is 0.348 e. The molecule has 0 radical (unpaired) electrons. The summed E-state index contributed by atoms with van der Waals surface area (Å²) in [4.78, 5) is 12.1. The molecule has 8 heteroatoms. The molecule has 8 nitrogen and oxygen atoms in total. The molecule has 3 aromatic heterocycles. The molecule has 0 aromatic carbocycles. The van der Waals surface area contributed by atoms with Crippen molar-refractivity contribution in [3.63, 3.8) is 0 Å². The zero-order chi connectivity index (χ0) is 15.1. The lowest BCUT2D eigenvalue weighted by Gasteiger charge is -2.04. The Morgan fingerprint density at radius 2 is 1.71 bits per heavy atom. The summed E-state index contributed by atoms with van der Waals surface area (Å²) in [7, 11) is 0. The second-order valence-corrected chi connectivity index (χ2v) is 4.93. The second-order valence-electron chi connectivity index (χ2n) is 4.93. The lowest BCUT2D eigenvalue weighted by molar-refractivity contribution is 0.392. The number of nitrogens with one attached hydrogen (secondary N) is 1. The van der Waals surface area contributed by atoms with E-state index in [1.54, 1.807) is 13.8 Å². The summed E-state index contributed by atoms with van der Waals surface area (Å²) in [6, 6.07) is 0. The molecule has 3 aromatic rings. The van der Waals surface area contributed by atoms with Crippen molar-refractivity contribution in [2.24, 2.45) is 0 Å². The normalized spacial score (nSPS) is 11.2. The van der Waals surface area contributed by atoms with E-state index in [0.29, 0.717) is 35.1 Å². The van der Waals surface area contributed by atoms with Crippen LogP contribution in [0.2, 0.25) is 0 Å². The number of aromatic amines is 1. The van der Waals surface area contributed by atoms with Crippen LogP contribution in [-0.2, 0) is 6.42 Å². The summed E-state index contributed by atoms with van der Waals surface area (Å²) >= 11 is 0. The summed E-state index contributed by atoms with van der Waals surface area (Å²) in [6.07, 6.45) is 0.434. The van der Waals surface area contributed by atoms with Crippen molar-refractivity contribution in [3.05, 3.63) is 44.8 Å². The van der Waals surface area contributed by atoms with Crippen LogP contribution < -0.4 is 5.69 Å². The van der Waals surface area contributed by atoms with Crippen molar-refractivity contribution in [2.45, 2.75) is 34.1 Å². The van der Waals surface area contributed by atoms with Gasteiger partial charge in [-0.3, -0.25) is 0 Å². The Balaban J connectivity index is 2.13. The third kappa shape index (κ3) is 2.08. The largest absolute Gasteiger partial charge is 0.361 e. The van der Waals surface area contributed by atoms with Gasteiger partial charge in [0.1, 0.15) is 23.0 Å². The van der Waals surface area contributed by atoms with Gasteiger partial charge in [-0.15, -0.1) is 0 Å². The molecule has 0 bridgehead atoms. The highest BCUT2D eigenvalue weighted by atomic mass is 16.5. The molecule has 110 valence electrons. The van der Waals surface area contributed by atoms with E-state index in [-0.39, 0.29) is 5.69 Å². The molecule has 0 amide bonds. The van der Waals surface area contributed by atoms with Crippen molar-refractivity contribution in [1.82, 2.24) is 25.1 Å². The van der Waals surface area contributed by atoms with Crippen LogP contribution in [0.25, 0.3) is 5.69 Å². The Kier molecular flexibility index (Phi) is 3.00. The molecule has 0 unspecified atom stereocenters. The number of nitrogens with zero attached hydrogens (tertiary/aromatic N) is 4. The number of rotatable bonds is 3. The van der Waals surface area contributed by atoms with Crippen molar-refractivity contribution in [1.29, 1.82) is 0 Å². The lowest BCUT2D eigenvalue weighted by atomic mass is 10.1. The van der Waals surface area contributed by atoms with Crippen molar-refractivity contribution < 1.29 is 9.05 Å². The van der Waals surface area contributed by atoms with E-state index in [1.165, 1.54) is 4.57 Å². The van der Waals surface area contributed by atoms with Gasteiger partial charge < -0.3 is 9.05 Å². The van der Waals surface area contributed by atoms with E-state index in [0.717, 1.165) is 11.3 Å². The summed E-state index contributed by atoms with van der Waals surface area (Å²) in [6.45, 7) is 7.23. The van der Waals surface area contributed by atoms with Gasteiger partial charge in [0.15, 0.2) is 5.76 Å². The molecular weight excluding hydrogens is 274 g/mol. The maximum absolute atomic E-state index is 12.1. The third-order valence-corrected chi connectivity index (χ3v) is 3.48. The van der Waals surface area contributed by atoms with E-state index in [2.05, 4.69) is 20.5 Å². The first kappa shape index (κ1) is 13.3. The molecule has 0 saturated carbocycles. The molecule has 0 fully saturated rings. The van der Waals surface area contributed by atoms with Crippen LogP contribution in [0.15, 0.2) is 13.8 Å². The molecule has 3 rings (SSSR count). The maximum atomic E-state index is 12.1. The van der Waals surface area contributed by atoms with Crippen molar-refractivity contribution in [2.75, 3.05) is 0 Å². The second kappa shape index (κ2) is 4.72. The summed E-state index contributed by atoms with van der Waals surface area (Å²) in [5.74, 6) is 1.84. The lowest BCUT2D eigenvalue weighted by Crippen LogP contribution is -2.18. The number of aromatic nitrogens is 5. The molecule has 0 aliphatic heterocycles. The summed E-state index contributed by atoms with van der Waals surface area (Å²) in [5.41, 5.74) is 2.63. The fourth-order valence-electron chi connectivity index (χ4n) is 2.39. The predicted molar refractivity (Wildman–Crippen MR) is 72.5 cm³/mol. The maximum Gasteiger partial charge on any atom is 0.348 e. The zero-order valence-electron chi connectivity index (χ0n) is 12.2. The molecule has 21 heavy (non-hydrogen) atoms. The molecule has 0 aliphatic rings. The molecule has 3 heterocycles. The average Bonchev–Trinajstić information content (AvgIpc) is 3.06. The Labute approximate surface area is 119 Å². The first-order chi connectivity index (χ1) is 9.99. The minimum absolute atomic E-state index is 0.328. The van der Waals surface area contributed by atoms with Gasteiger partial charge >= 0.3 is 5.69 Å². The third-order valence-electron chi connectivity index (χ3n) is 3.48. The Hall–Kier alpha value is -2.64. The van der Waals surface area contributed by atoms with Crippen LogP contribution >= 0.6 is 0 Å². The van der Waals surface area contributed by atoms with E-state index in [1.807, 2.05) is 13.8 Å². The first-order valence-electron chi connectivity index (χ1n) is 6.50. The molecule has 0 aliphatic carbocycles. The molecule has 0 spiro atoms. The highest BCUT2D eigenvalue weighted by Crippen LogP contribution is 2.20. The molecule has 0 saturated heterocycles. The number of hydrogen-bond acceptors (Lipinski definition) is 6. The fourth-order valence-corrected chi connectivity index (χ4v) is 2.39. The highest BCUT2D eigenvalue weighted by Gasteiger charge is 2.20. The Bertz CT molecular complexity index is 813. The van der Waals surface area contributed by atoms with Gasteiger partial charge in [-0.25, -0.2) is 14.5 Å². The topological polar surface area (TPSA) is 103 Å². The standard InChI is InChI=1S/C13H15N5O3/c1-6-10(8(3)20-16-6)5-11-14-15-13(19)18(11)12-7(2)17-21-9(12)4/h5H2,1-4H3,(H,15,19). The van der Waals surface area contributed by atoms with E-state index >= 15 is 0 Å². The number of hydrogen-bond donors (Lipinski definition) is 1. The highest BCUT2D eigenvalue weighted by molar-refractivity contribution is 5.40. The van der Waals surface area contributed by atoms with E-state index < -0.39 is 0 Å². The number of H-pyrrole nitrogens is 1. The van der Waals surface area contributed by atoms with E-state index in [4.69, 9.17) is 9.05 Å².